The van der Waals surface area contributed by atoms with Crippen molar-refractivity contribution in [3.05, 3.63) is 28.7 Å². The van der Waals surface area contributed by atoms with Crippen LogP contribution in [0.5, 0.6) is 0 Å². The number of imidazole rings is 1. The van der Waals surface area contributed by atoms with Gasteiger partial charge in [-0.05, 0) is 58.1 Å². The molecule has 0 radical (unpaired) electrons. The number of carbonyl (C=O) groups is 3. The lowest BCUT2D eigenvalue weighted by atomic mass is 9.58. The molecule has 3 heterocycles. The average Bonchev–Trinajstić information content (AvgIpc) is 2.95. The minimum atomic E-state index is -0.697. The summed E-state index contributed by atoms with van der Waals surface area (Å²) in [4.78, 5) is 51.1. The second-order valence-corrected chi connectivity index (χ2v) is 11.3. The molecule has 2 N–H and O–H groups in total. The number of ether oxygens (including phenoxy) is 1. The van der Waals surface area contributed by atoms with E-state index in [9.17, 15) is 19.2 Å². The number of rotatable bonds is 4. The number of piperidine rings is 1. The normalized spacial score (nSPS) is 22.1. The van der Waals surface area contributed by atoms with E-state index in [-0.39, 0.29) is 29.5 Å². The van der Waals surface area contributed by atoms with Crippen LogP contribution in [-0.2, 0) is 21.4 Å². The lowest BCUT2D eigenvalue weighted by Gasteiger charge is -2.58. The monoisotopic (exact) mass is 483 g/mol. The Morgan fingerprint density at radius 1 is 1.20 bits per heavy atom. The third-order valence-corrected chi connectivity index (χ3v) is 7.35. The summed E-state index contributed by atoms with van der Waals surface area (Å²) >= 11 is 0. The van der Waals surface area contributed by atoms with Crippen LogP contribution in [0.1, 0.15) is 52.5 Å². The topological polar surface area (TPSA) is 115 Å². The number of imide groups is 1. The number of hydrogen-bond donors (Lipinski definition) is 2. The van der Waals surface area contributed by atoms with Crippen molar-refractivity contribution < 1.29 is 19.1 Å². The zero-order chi connectivity index (χ0) is 25.1. The molecular weight excluding hydrogens is 450 g/mol. The number of anilines is 1. The van der Waals surface area contributed by atoms with Crippen molar-refractivity contribution in [2.24, 2.45) is 18.4 Å². The fourth-order valence-corrected chi connectivity index (χ4v) is 5.85. The lowest BCUT2D eigenvalue weighted by Crippen LogP contribution is -2.64. The Hall–Kier alpha value is -3.30. The van der Waals surface area contributed by atoms with E-state index in [1.54, 1.807) is 16.5 Å². The maximum atomic E-state index is 13.1. The third-order valence-electron chi connectivity index (χ3n) is 7.35. The van der Waals surface area contributed by atoms with E-state index in [1.807, 2.05) is 39.0 Å². The number of aromatic nitrogens is 2. The van der Waals surface area contributed by atoms with Crippen LogP contribution in [0.2, 0.25) is 0 Å². The van der Waals surface area contributed by atoms with Gasteiger partial charge in [-0.25, -0.2) is 9.59 Å². The summed E-state index contributed by atoms with van der Waals surface area (Å²) in [6.45, 7) is 7.89. The summed E-state index contributed by atoms with van der Waals surface area (Å²) in [7, 11) is 1.70. The van der Waals surface area contributed by atoms with Gasteiger partial charge in [0.2, 0.25) is 11.8 Å². The van der Waals surface area contributed by atoms with Crippen LogP contribution in [0.15, 0.2) is 23.0 Å². The molecule has 1 spiro atoms. The van der Waals surface area contributed by atoms with Crippen molar-refractivity contribution in [3.63, 3.8) is 0 Å². The Labute approximate surface area is 203 Å². The zero-order valence-corrected chi connectivity index (χ0v) is 20.7. The largest absolute Gasteiger partial charge is 0.444 e. The molecule has 2 saturated heterocycles. The first kappa shape index (κ1) is 23.4. The molecule has 1 atom stereocenters. The molecule has 10 heteroatoms. The third kappa shape index (κ3) is 4.19. The van der Waals surface area contributed by atoms with Crippen LogP contribution < -0.4 is 16.3 Å². The summed E-state index contributed by atoms with van der Waals surface area (Å²) in [5.41, 5.74) is 1.72. The van der Waals surface area contributed by atoms with Crippen molar-refractivity contribution in [1.29, 1.82) is 0 Å². The Balaban J connectivity index is 1.23. The summed E-state index contributed by atoms with van der Waals surface area (Å²) in [5.74, 6) is -0.254. The molecule has 1 aliphatic carbocycles. The molecule has 2 aliphatic heterocycles. The Morgan fingerprint density at radius 3 is 2.57 bits per heavy atom. The first-order chi connectivity index (χ1) is 16.5. The standard InChI is InChI=1S/C25H33N5O5/c1-24(2,3)35-23(34)29-13-25(14-29)10-15(11-25)12-26-16-6-5-7-17-20(16)28(4)22(33)30(17)18-8-9-19(31)27-21(18)32/h5-7,15,18,26H,8-14H2,1-4H3,(H,27,31,32). The predicted molar refractivity (Wildman–Crippen MR) is 130 cm³/mol. The summed E-state index contributed by atoms with van der Waals surface area (Å²) < 4.78 is 8.52. The van der Waals surface area contributed by atoms with E-state index in [0.717, 1.165) is 43.7 Å². The van der Waals surface area contributed by atoms with E-state index < -0.39 is 17.6 Å². The smallest absolute Gasteiger partial charge is 0.410 e. The first-order valence-electron chi connectivity index (χ1n) is 12.2. The molecular formula is C25H33N5O5. The number of nitrogens with zero attached hydrogens (tertiary/aromatic N) is 3. The molecule has 2 aromatic rings. The number of nitrogens with one attached hydrogen (secondary N) is 2. The van der Waals surface area contributed by atoms with Gasteiger partial charge in [-0.1, -0.05) is 6.07 Å². The molecule has 1 aromatic heterocycles. The molecule has 3 fully saturated rings. The maximum Gasteiger partial charge on any atom is 0.410 e. The average molecular weight is 484 g/mol. The fourth-order valence-electron chi connectivity index (χ4n) is 5.85. The van der Waals surface area contributed by atoms with Crippen LogP contribution in [0.4, 0.5) is 10.5 Å². The molecule has 1 saturated carbocycles. The van der Waals surface area contributed by atoms with E-state index in [1.165, 1.54) is 4.57 Å². The van der Waals surface area contributed by atoms with Crippen molar-refractivity contribution >= 4 is 34.6 Å². The highest BCUT2D eigenvalue weighted by Crippen LogP contribution is 2.52. The SMILES string of the molecule is Cn1c(=O)n(C2CCC(=O)NC2=O)c2cccc(NCC3CC4(C3)CN(C(=O)OC(C)(C)C)C4)c21. The minimum Gasteiger partial charge on any atom is -0.444 e. The summed E-state index contributed by atoms with van der Waals surface area (Å²) in [5, 5.41) is 5.85. The Bertz CT molecular complexity index is 1260. The van der Waals surface area contributed by atoms with Crippen molar-refractivity contribution in [2.75, 3.05) is 25.0 Å². The minimum absolute atomic E-state index is 0.206. The number of benzene rings is 1. The highest BCUT2D eigenvalue weighted by Gasteiger charge is 2.54. The number of para-hydroxylation sites is 1. The predicted octanol–water partition coefficient (Wildman–Crippen LogP) is 2.38. The van der Waals surface area contributed by atoms with Gasteiger partial charge < -0.3 is 15.0 Å². The Morgan fingerprint density at radius 2 is 1.91 bits per heavy atom. The first-order valence-corrected chi connectivity index (χ1v) is 12.2. The molecule has 35 heavy (non-hydrogen) atoms. The number of hydrogen-bond acceptors (Lipinski definition) is 6. The van der Waals surface area contributed by atoms with Crippen LogP contribution in [0, 0.1) is 11.3 Å². The van der Waals surface area contributed by atoms with Gasteiger partial charge in [-0.15, -0.1) is 0 Å². The highest BCUT2D eigenvalue weighted by molar-refractivity contribution is 6.00. The van der Waals surface area contributed by atoms with Crippen molar-refractivity contribution in [2.45, 2.75) is 58.1 Å². The number of amides is 3. The fraction of sp³-hybridized carbons (Fsp3) is 0.600. The molecule has 188 valence electrons. The highest BCUT2D eigenvalue weighted by atomic mass is 16.6. The van der Waals surface area contributed by atoms with Crippen molar-refractivity contribution in [1.82, 2.24) is 19.4 Å². The molecule has 0 bridgehead atoms. The van der Waals surface area contributed by atoms with Crippen LogP contribution in [0.25, 0.3) is 11.0 Å². The second-order valence-electron chi connectivity index (χ2n) is 11.3. The molecule has 3 aliphatic rings. The van der Waals surface area contributed by atoms with E-state index in [4.69, 9.17) is 4.74 Å². The second kappa shape index (κ2) is 8.13. The summed E-state index contributed by atoms with van der Waals surface area (Å²) in [6, 6.07) is 4.96. The van der Waals surface area contributed by atoms with Gasteiger partial charge >= 0.3 is 11.8 Å². The van der Waals surface area contributed by atoms with Crippen LogP contribution >= 0.6 is 0 Å². The van der Waals surface area contributed by atoms with Gasteiger partial charge in [0, 0.05) is 38.5 Å². The number of carbonyl (C=O) groups excluding carboxylic acids is 3. The van der Waals surface area contributed by atoms with Crippen molar-refractivity contribution in [3.8, 4) is 0 Å². The van der Waals surface area contributed by atoms with Gasteiger partial charge in [0.25, 0.3) is 0 Å². The molecule has 5 rings (SSSR count). The van der Waals surface area contributed by atoms with E-state index in [0.29, 0.717) is 17.9 Å². The zero-order valence-electron chi connectivity index (χ0n) is 20.7. The molecule has 1 aromatic carbocycles. The molecule has 10 nitrogen and oxygen atoms in total. The molecule has 3 amide bonds. The van der Waals surface area contributed by atoms with Gasteiger partial charge in [0.1, 0.15) is 11.6 Å². The quantitative estimate of drug-likeness (QED) is 0.646. The van der Waals surface area contributed by atoms with Gasteiger partial charge in [0.05, 0.1) is 16.7 Å². The maximum absolute atomic E-state index is 13.1. The Kier molecular flexibility index (Phi) is 5.45. The molecule has 1 unspecified atom stereocenters. The van der Waals surface area contributed by atoms with Crippen LogP contribution in [-0.4, -0.2) is 57.2 Å². The summed E-state index contributed by atoms with van der Waals surface area (Å²) in [6.07, 6.45) is 2.38. The van der Waals surface area contributed by atoms with Gasteiger partial charge in [-0.3, -0.25) is 24.0 Å². The lowest BCUT2D eigenvalue weighted by molar-refractivity contribution is -0.135. The number of likely N-dealkylation sites (tertiary alicyclic amines) is 1. The van der Waals surface area contributed by atoms with Gasteiger partial charge in [-0.2, -0.15) is 0 Å². The van der Waals surface area contributed by atoms with E-state index >= 15 is 0 Å². The van der Waals surface area contributed by atoms with Gasteiger partial charge in [0.15, 0.2) is 0 Å². The van der Waals surface area contributed by atoms with E-state index in [2.05, 4.69) is 10.6 Å². The van der Waals surface area contributed by atoms with Crippen LogP contribution in [0.3, 0.4) is 0 Å². The number of aryl methyl sites for hydroxylation is 1. The number of fused-ring (bicyclic) bond motifs is 1.